The Hall–Kier alpha value is -3.01. The third kappa shape index (κ3) is 4.05. The van der Waals surface area contributed by atoms with Crippen LogP contribution in [0.3, 0.4) is 0 Å². The van der Waals surface area contributed by atoms with E-state index in [0.29, 0.717) is 17.9 Å². The molecule has 0 spiro atoms. The molecule has 3 rings (SSSR count). The van der Waals surface area contributed by atoms with Gasteiger partial charge in [-0.15, -0.1) is 0 Å². The summed E-state index contributed by atoms with van der Waals surface area (Å²) in [5.41, 5.74) is 3.24. The fraction of sp³-hybridized carbons (Fsp3) is 0.217. The van der Waals surface area contributed by atoms with Crippen molar-refractivity contribution >= 4 is 0 Å². The van der Waals surface area contributed by atoms with Crippen molar-refractivity contribution < 1.29 is 19.3 Å². The van der Waals surface area contributed by atoms with Crippen LogP contribution in [0, 0.1) is 0 Å². The Kier molecular flexibility index (Phi) is 5.36. The van der Waals surface area contributed by atoms with Crippen molar-refractivity contribution in [2.24, 2.45) is 0 Å². The van der Waals surface area contributed by atoms with E-state index in [1.807, 2.05) is 18.2 Å². The molecule has 0 saturated heterocycles. The maximum atomic E-state index is 13.9. The molecule has 0 saturated carbocycles. The Morgan fingerprint density at radius 1 is 1.07 bits per heavy atom. The number of hydrogen-bond donors (Lipinski definition) is 2. The van der Waals surface area contributed by atoms with Crippen LogP contribution in [0.2, 0.25) is 0 Å². The Balaban J connectivity index is 2.03. The van der Waals surface area contributed by atoms with E-state index in [1.54, 1.807) is 44.2 Å². The van der Waals surface area contributed by atoms with E-state index in [0.717, 1.165) is 16.7 Å². The van der Waals surface area contributed by atoms with Crippen LogP contribution in [0.5, 0.6) is 17.2 Å². The number of ether oxygens (including phenoxy) is 1. The molecular formula is C23H23FO3. The van der Waals surface area contributed by atoms with Crippen molar-refractivity contribution in [2.75, 3.05) is 6.61 Å². The summed E-state index contributed by atoms with van der Waals surface area (Å²) in [4.78, 5) is 0. The molecule has 27 heavy (non-hydrogen) atoms. The molecule has 0 radical (unpaired) electrons. The van der Waals surface area contributed by atoms with Gasteiger partial charge in [0.2, 0.25) is 0 Å². The molecule has 1 aliphatic heterocycles. The second-order valence-electron chi connectivity index (χ2n) is 6.97. The molecule has 1 heterocycles. The van der Waals surface area contributed by atoms with Gasteiger partial charge in [0, 0.05) is 23.5 Å². The third-order valence-electron chi connectivity index (χ3n) is 4.80. The summed E-state index contributed by atoms with van der Waals surface area (Å²) in [6.07, 6.45) is 3.13. The molecular weight excluding hydrogens is 343 g/mol. The molecule has 4 heteroatoms. The maximum absolute atomic E-state index is 13.9. The van der Waals surface area contributed by atoms with E-state index < -0.39 is 0 Å². The Morgan fingerprint density at radius 2 is 1.74 bits per heavy atom. The summed E-state index contributed by atoms with van der Waals surface area (Å²) in [6, 6.07) is 12.0. The molecule has 1 aliphatic rings. The summed E-state index contributed by atoms with van der Waals surface area (Å²) in [5.74, 6) is 0.464. The van der Waals surface area contributed by atoms with Crippen LogP contribution >= 0.6 is 0 Å². The highest BCUT2D eigenvalue weighted by Crippen LogP contribution is 2.47. The minimum atomic E-state index is -0.282. The average molecular weight is 366 g/mol. The van der Waals surface area contributed by atoms with E-state index in [-0.39, 0.29) is 29.2 Å². The fourth-order valence-electron chi connectivity index (χ4n) is 3.32. The van der Waals surface area contributed by atoms with Gasteiger partial charge in [0.05, 0.1) is 6.61 Å². The zero-order chi connectivity index (χ0) is 19.6. The first-order chi connectivity index (χ1) is 12.9. The van der Waals surface area contributed by atoms with Gasteiger partial charge in [0.1, 0.15) is 23.1 Å². The summed E-state index contributed by atoms with van der Waals surface area (Å²) in [5, 5.41) is 19.3. The van der Waals surface area contributed by atoms with Crippen LogP contribution in [0.15, 0.2) is 78.2 Å². The van der Waals surface area contributed by atoms with Gasteiger partial charge in [0.25, 0.3) is 0 Å². The lowest BCUT2D eigenvalue weighted by Crippen LogP contribution is -2.25. The smallest absolute Gasteiger partial charge is 0.126 e. The van der Waals surface area contributed by atoms with Crippen LogP contribution in [-0.2, 0) is 0 Å². The zero-order valence-corrected chi connectivity index (χ0v) is 15.4. The van der Waals surface area contributed by atoms with Gasteiger partial charge in [-0.25, -0.2) is 4.39 Å². The number of aromatic hydroxyl groups is 2. The van der Waals surface area contributed by atoms with Gasteiger partial charge in [-0.3, -0.25) is 0 Å². The number of fused-ring (bicyclic) bond motifs is 1. The molecule has 0 bridgehead atoms. The summed E-state index contributed by atoms with van der Waals surface area (Å²) in [7, 11) is 0. The first-order valence-corrected chi connectivity index (χ1v) is 8.81. The Morgan fingerprint density at radius 3 is 2.41 bits per heavy atom. The second kappa shape index (κ2) is 7.70. The minimum Gasteiger partial charge on any atom is -0.508 e. The van der Waals surface area contributed by atoms with Crippen molar-refractivity contribution in [3.05, 3.63) is 89.3 Å². The lowest BCUT2D eigenvalue weighted by atomic mass is 9.76. The van der Waals surface area contributed by atoms with Gasteiger partial charge >= 0.3 is 0 Å². The molecule has 0 fully saturated rings. The number of phenolic OH excluding ortho intramolecular Hbond substituents is 2. The van der Waals surface area contributed by atoms with Gasteiger partial charge in [-0.05, 0) is 54.8 Å². The SMILES string of the molecule is C=C(/C=C\C(F)=C(C)C)[C@H]1c2ccc(O)cc2OC[C@H]1c1ccc(O)cc1. The predicted octanol–water partition coefficient (Wildman–Crippen LogP) is 5.73. The standard InChI is InChI=1S/C23H23FO3/c1-14(2)21(24)11-4-15(3)23-19-10-9-18(26)12-22(19)27-13-20(23)16-5-7-17(25)8-6-16/h4-12,20,23,25-26H,3,13H2,1-2H3/b11-4-/t20-,23-/m0/s1. The highest BCUT2D eigenvalue weighted by Gasteiger charge is 2.33. The molecule has 2 aromatic carbocycles. The quantitative estimate of drug-likeness (QED) is 0.679. The van der Waals surface area contributed by atoms with Crippen molar-refractivity contribution in [1.29, 1.82) is 0 Å². The topological polar surface area (TPSA) is 49.7 Å². The number of benzene rings is 2. The van der Waals surface area contributed by atoms with E-state index in [1.165, 1.54) is 6.08 Å². The molecule has 0 aliphatic carbocycles. The van der Waals surface area contributed by atoms with Crippen LogP contribution in [-0.4, -0.2) is 16.8 Å². The van der Waals surface area contributed by atoms with Gasteiger partial charge in [-0.1, -0.05) is 30.9 Å². The number of allylic oxidation sites excluding steroid dienone is 5. The van der Waals surface area contributed by atoms with Gasteiger partial charge < -0.3 is 14.9 Å². The average Bonchev–Trinajstić information content (AvgIpc) is 2.65. The van der Waals surface area contributed by atoms with E-state index >= 15 is 0 Å². The lowest BCUT2D eigenvalue weighted by Gasteiger charge is -2.34. The largest absolute Gasteiger partial charge is 0.508 e. The highest BCUT2D eigenvalue weighted by atomic mass is 19.1. The number of phenols is 2. The highest BCUT2D eigenvalue weighted by molar-refractivity contribution is 5.51. The molecule has 0 unspecified atom stereocenters. The normalized spacial score (nSPS) is 18.6. The van der Waals surface area contributed by atoms with E-state index in [4.69, 9.17) is 4.74 Å². The maximum Gasteiger partial charge on any atom is 0.126 e. The second-order valence-corrected chi connectivity index (χ2v) is 6.97. The number of hydrogen-bond acceptors (Lipinski definition) is 3. The van der Waals surface area contributed by atoms with E-state index in [9.17, 15) is 14.6 Å². The Bertz CT molecular complexity index is 906. The Labute approximate surface area is 158 Å². The molecule has 3 nitrogen and oxygen atoms in total. The summed E-state index contributed by atoms with van der Waals surface area (Å²) < 4.78 is 19.8. The first-order valence-electron chi connectivity index (χ1n) is 8.81. The third-order valence-corrected chi connectivity index (χ3v) is 4.80. The molecule has 0 amide bonds. The van der Waals surface area contributed by atoms with Crippen molar-refractivity contribution in [3.63, 3.8) is 0 Å². The molecule has 0 aromatic heterocycles. The molecule has 2 N–H and O–H groups in total. The van der Waals surface area contributed by atoms with E-state index in [2.05, 4.69) is 6.58 Å². The number of halogens is 1. The first kappa shape index (κ1) is 18.8. The van der Waals surface area contributed by atoms with Crippen LogP contribution in [0.1, 0.15) is 36.8 Å². The van der Waals surface area contributed by atoms with Crippen molar-refractivity contribution in [2.45, 2.75) is 25.7 Å². The minimum absolute atomic E-state index is 0.0467. The van der Waals surface area contributed by atoms with Crippen LogP contribution in [0.25, 0.3) is 0 Å². The molecule has 140 valence electrons. The summed E-state index contributed by atoms with van der Waals surface area (Å²) in [6.45, 7) is 8.01. The number of rotatable bonds is 4. The fourth-order valence-corrected chi connectivity index (χ4v) is 3.32. The van der Waals surface area contributed by atoms with Gasteiger partial charge in [0.15, 0.2) is 0 Å². The van der Waals surface area contributed by atoms with Gasteiger partial charge in [-0.2, -0.15) is 0 Å². The molecule has 2 atom stereocenters. The van der Waals surface area contributed by atoms with Crippen LogP contribution in [0.4, 0.5) is 4.39 Å². The predicted molar refractivity (Wildman–Crippen MR) is 105 cm³/mol. The zero-order valence-electron chi connectivity index (χ0n) is 15.4. The van der Waals surface area contributed by atoms with Crippen molar-refractivity contribution in [3.8, 4) is 17.2 Å². The molecule has 2 aromatic rings. The lowest BCUT2D eigenvalue weighted by molar-refractivity contribution is 0.247. The van der Waals surface area contributed by atoms with Crippen LogP contribution < -0.4 is 4.74 Å². The van der Waals surface area contributed by atoms with Crippen molar-refractivity contribution in [1.82, 2.24) is 0 Å². The monoisotopic (exact) mass is 366 g/mol. The summed E-state index contributed by atoms with van der Waals surface area (Å²) >= 11 is 0.